The number of benzene rings is 1. The highest BCUT2D eigenvalue weighted by Crippen LogP contribution is 2.19. The lowest BCUT2D eigenvalue weighted by Gasteiger charge is -2.17. The van der Waals surface area contributed by atoms with Gasteiger partial charge in [0, 0.05) is 28.6 Å². The molecule has 0 bridgehead atoms. The Morgan fingerprint density at radius 2 is 2.06 bits per heavy atom. The molecule has 1 aromatic carbocycles. The van der Waals surface area contributed by atoms with Crippen molar-refractivity contribution in [1.82, 2.24) is 4.98 Å². The molecule has 0 aliphatic heterocycles. The van der Waals surface area contributed by atoms with Crippen molar-refractivity contribution >= 4 is 22.7 Å². The van der Waals surface area contributed by atoms with E-state index in [4.69, 9.17) is 5.73 Å². The van der Waals surface area contributed by atoms with Crippen molar-refractivity contribution in [2.24, 2.45) is 5.73 Å². The van der Waals surface area contributed by atoms with Crippen LogP contribution in [0.4, 0.5) is 0 Å². The van der Waals surface area contributed by atoms with Gasteiger partial charge in [0.25, 0.3) is 0 Å². The van der Waals surface area contributed by atoms with Gasteiger partial charge in [0.2, 0.25) is 0 Å². The highest BCUT2D eigenvalue weighted by molar-refractivity contribution is 7.98. The van der Waals surface area contributed by atoms with Crippen LogP contribution < -0.4 is 5.73 Å². The van der Waals surface area contributed by atoms with Crippen LogP contribution >= 0.6 is 11.8 Å². The van der Waals surface area contributed by atoms with Crippen molar-refractivity contribution < 1.29 is 0 Å². The molecule has 0 spiro atoms. The molecular formula is C14H18N2S. The predicted octanol–water partition coefficient (Wildman–Crippen LogP) is 3.21. The minimum atomic E-state index is -0.102. The Hall–Kier alpha value is -1.06. The summed E-state index contributed by atoms with van der Waals surface area (Å²) in [6.07, 6.45) is 1.96. The van der Waals surface area contributed by atoms with Gasteiger partial charge in [-0.3, -0.25) is 4.98 Å². The minimum Gasteiger partial charge on any atom is -0.325 e. The molecule has 0 radical (unpaired) electrons. The molecular weight excluding hydrogens is 228 g/mol. The minimum absolute atomic E-state index is 0.102. The lowest BCUT2D eigenvalue weighted by atomic mass is 10.1. The van der Waals surface area contributed by atoms with Crippen LogP contribution in [0.2, 0.25) is 0 Å². The van der Waals surface area contributed by atoms with Gasteiger partial charge < -0.3 is 5.73 Å². The number of thioether (sulfide) groups is 1. The molecule has 2 nitrogen and oxygen atoms in total. The van der Waals surface area contributed by atoms with Crippen molar-refractivity contribution in [3.05, 3.63) is 42.1 Å². The molecule has 90 valence electrons. The summed E-state index contributed by atoms with van der Waals surface area (Å²) in [5.41, 5.74) is 8.17. The van der Waals surface area contributed by atoms with Gasteiger partial charge in [-0.15, -0.1) is 0 Å². The van der Waals surface area contributed by atoms with Gasteiger partial charge >= 0.3 is 0 Å². The first-order valence-corrected chi connectivity index (χ1v) is 6.90. The maximum absolute atomic E-state index is 5.95. The summed E-state index contributed by atoms with van der Waals surface area (Å²) >= 11 is 1.86. The van der Waals surface area contributed by atoms with Gasteiger partial charge in [-0.1, -0.05) is 18.2 Å². The van der Waals surface area contributed by atoms with Crippen molar-refractivity contribution in [2.75, 3.05) is 5.75 Å². The normalized spacial score (nSPS) is 11.9. The molecule has 0 saturated carbocycles. The van der Waals surface area contributed by atoms with Gasteiger partial charge in [0.1, 0.15) is 0 Å². The number of nitrogens with two attached hydrogens (primary N) is 1. The maximum Gasteiger partial charge on any atom is 0.0702 e. The first-order chi connectivity index (χ1) is 8.04. The van der Waals surface area contributed by atoms with Crippen molar-refractivity contribution in [1.29, 1.82) is 0 Å². The fourth-order valence-electron chi connectivity index (χ4n) is 1.63. The van der Waals surface area contributed by atoms with Crippen LogP contribution in [0.15, 0.2) is 36.5 Å². The van der Waals surface area contributed by atoms with E-state index in [0.717, 1.165) is 17.0 Å². The number of fused-ring (bicyclic) bond motifs is 1. The standard InChI is InChI=1S/C14H18N2S/c1-14(2,15)10-17-9-11-7-12-5-3-4-6-13(12)16-8-11/h3-8H,9-10,15H2,1-2H3. The highest BCUT2D eigenvalue weighted by atomic mass is 32.2. The molecule has 17 heavy (non-hydrogen) atoms. The van der Waals surface area contributed by atoms with Crippen LogP contribution in [0.3, 0.4) is 0 Å². The number of rotatable bonds is 4. The fourth-order valence-corrected chi connectivity index (χ4v) is 2.65. The summed E-state index contributed by atoms with van der Waals surface area (Å²) in [4.78, 5) is 4.45. The van der Waals surface area contributed by atoms with E-state index >= 15 is 0 Å². The summed E-state index contributed by atoms with van der Waals surface area (Å²) in [7, 11) is 0. The molecule has 0 unspecified atom stereocenters. The molecule has 0 aliphatic carbocycles. The number of hydrogen-bond acceptors (Lipinski definition) is 3. The molecule has 2 rings (SSSR count). The maximum atomic E-state index is 5.95. The molecule has 0 aliphatic rings. The average molecular weight is 246 g/mol. The fraction of sp³-hybridized carbons (Fsp3) is 0.357. The van der Waals surface area contributed by atoms with Gasteiger partial charge in [0.05, 0.1) is 5.52 Å². The molecule has 2 N–H and O–H groups in total. The topological polar surface area (TPSA) is 38.9 Å². The van der Waals surface area contributed by atoms with Crippen LogP contribution in [0.25, 0.3) is 10.9 Å². The molecule has 1 aromatic heterocycles. The van der Waals surface area contributed by atoms with E-state index in [1.807, 2.05) is 36.2 Å². The van der Waals surface area contributed by atoms with Gasteiger partial charge in [-0.05, 0) is 31.5 Å². The van der Waals surface area contributed by atoms with E-state index in [1.54, 1.807) is 0 Å². The van der Waals surface area contributed by atoms with Crippen molar-refractivity contribution in [3.8, 4) is 0 Å². The third kappa shape index (κ3) is 3.72. The Morgan fingerprint density at radius 3 is 2.82 bits per heavy atom. The first-order valence-electron chi connectivity index (χ1n) is 5.75. The van der Waals surface area contributed by atoms with E-state index in [9.17, 15) is 0 Å². The number of nitrogens with zero attached hydrogens (tertiary/aromatic N) is 1. The molecule has 0 saturated heterocycles. The van der Waals surface area contributed by atoms with Gasteiger partial charge in [0.15, 0.2) is 0 Å². The lowest BCUT2D eigenvalue weighted by Crippen LogP contribution is -2.34. The van der Waals surface area contributed by atoms with Crippen molar-refractivity contribution in [2.45, 2.75) is 25.1 Å². The number of aromatic nitrogens is 1. The van der Waals surface area contributed by atoms with E-state index in [0.29, 0.717) is 0 Å². The molecule has 0 fully saturated rings. The smallest absolute Gasteiger partial charge is 0.0702 e. The first kappa shape index (κ1) is 12.4. The summed E-state index contributed by atoms with van der Waals surface area (Å²) in [5.74, 6) is 1.93. The van der Waals surface area contributed by atoms with Crippen LogP contribution in [-0.4, -0.2) is 16.3 Å². The van der Waals surface area contributed by atoms with E-state index in [-0.39, 0.29) is 5.54 Å². The number of hydrogen-bond donors (Lipinski definition) is 1. The largest absolute Gasteiger partial charge is 0.325 e. The van der Waals surface area contributed by atoms with Crippen LogP contribution in [0.5, 0.6) is 0 Å². The second-order valence-corrected chi connectivity index (χ2v) is 6.00. The van der Waals surface area contributed by atoms with Crippen LogP contribution in [0.1, 0.15) is 19.4 Å². The van der Waals surface area contributed by atoms with Crippen LogP contribution in [-0.2, 0) is 5.75 Å². The van der Waals surface area contributed by atoms with E-state index in [2.05, 4.69) is 31.0 Å². The lowest BCUT2D eigenvalue weighted by molar-refractivity contribution is 0.591. The van der Waals surface area contributed by atoms with Crippen molar-refractivity contribution in [3.63, 3.8) is 0 Å². The van der Waals surface area contributed by atoms with E-state index in [1.165, 1.54) is 10.9 Å². The molecule has 2 aromatic rings. The predicted molar refractivity (Wildman–Crippen MR) is 76.2 cm³/mol. The second-order valence-electron chi connectivity index (χ2n) is 5.02. The summed E-state index contributed by atoms with van der Waals surface area (Å²) in [6, 6.07) is 10.4. The third-order valence-corrected chi connectivity index (χ3v) is 3.88. The summed E-state index contributed by atoms with van der Waals surface area (Å²) in [5, 5.41) is 1.21. The Morgan fingerprint density at radius 1 is 1.29 bits per heavy atom. The Bertz CT molecular complexity index is 503. The summed E-state index contributed by atoms with van der Waals surface area (Å²) < 4.78 is 0. The third-order valence-electron chi connectivity index (χ3n) is 2.39. The zero-order valence-corrected chi connectivity index (χ0v) is 11.1. The summed E-state index contributed by atoms with van der Waals surface area (Å²) in [6.45, 7) is 4.11. The SMILES string of the molecule is CC(C)(N)CSCc1cnc2ccccc2c1. The zero-order valence-electron chi connectivity index (χ0n) is 10.3. The number of para-hydroxylation sites is 1. The molecule has 3 heteroatoms. The Labute approximate surface area is 107 Å². The monoisotopic (exact) mass is 246 g/mol. The average Bonchev–Trinajstić information content (AvgIpc) is 2.27. The quantitative estimate of drug-likeness (QED) is 0.900. The second kappa shape index (κ2) is 5.07. The van der Waals surface area contributed by atoms with Gasteiger partial charge in [-0.25, -0.2) is 0 Å². The zero-order chi connectivity index (χ0) is 12.3. The molecule has 0 amide bonds. The Kier molecular flexibility index (Phi) is 3.69. The molecule has 0 atom stereocenters. The van der Waals surface area contributed by atoms with E-state index < -0.39 is 0 Å². The van der Waals surface area contributed by atoms with Gasteiger partial charge in [-0.2, -0.15) is 11.8 Å². The Balaban J connectivity index is 2.04. The molecule has 1 heterocycles. The number of pyridine rings is 1. The van der Waals surface area contributed by atoms with Crippen LogP contribution in [0, 0.1) is 0 Å². The highest BCUT2D eigenvalue weighted by Gasteiger charge is 2.10.